The number of rotatable bonds is 4. The monoisotopic (exact) mass is 316 g/mol. The van der Waals surface area contributed by atoms with Crippen molar-refractivity contribution < 1.29 is 19.2 Å². The number of methoxy groups -OCH3 is 2. The fourth-order valence-electron chi connectivity index (χ4n) is 2.08. The van der Waals surface area contributed by atoms with Crippen molar-refractivity contribution in [3.63, 3.8) is 0 Å². The Balaban J connectivity index is 2.83. The Morgan fingerprint density at radius 1 is 1.43 bits per heavy atom. The van der Waals surface area contributed by atoms with E-state index >= 15 is 0 Å². The Morgan fingerprint density at radius 2 is 2.13 bits per heavy atom. The molecule has 2 aromatic rings. The predicted molar refractivity (Wildman–Crippen MR) is 79.4 cm³/mol. The molecule has 0 saturated carbocycles. The van der Waals surface area contributed by atoms with Crippen molar-refractivity contribution in [3.8, 4) is 17.5 Å². The zero-order valence-electron chi connectivity index (χ0n) is 12.3. The highest BCUT2D eigenvalue weighted by molar-refractivity contribution is 5.96. The van der Waals surface area contributed by atoms with Crippen LogP contribution in [0.15, 0.2) is 24.4 Å². The topological polar surface area (TPSA) is 133 Å². The van der Waals surface area contributed by atoms with Gasteiger partial charge in [-0.05, 0) is 6.07 Å². The van der Waals surface area contributed by atoms with Crippen LogP contribution in [0.2, 0.25) is 0 Å². The first-order chi connectivity index (χ1) is 10.9. The second-order valence-corrected chi connectivity index (χ2v) is 4.39. The van der Waals surface area contributed by atoms with E-state index in [0.29, 0.717) is 5.75 Å². The summed E-state index contributed by atoms with van der Waals surface area (Å²) < 4.78 is 10.8. The third-order valence-electron chi connectivity index (χ3n) is 3.18. The van der Waals surface area contributed by atoms with Gasteiger partial charge in [-0.2, -0.15) is 5.26 Å². The fourth-order valence-corrected chi connectivity index (χ4v) is 2.08. The maximum absolute atomic E-state index is 12.0. The first-order valence-corrected chi connectivity index (χ1v) is 6.26. The SMILES string of the molecule is COC(=O)c1c(N)c(C#N)cn1-c1cc(OC)ccc1[N+](=O)[O-]. The van der Waals surface area contributed by atoms with Crippen LogP contribution in [0.1, 0.15) is 16.1 Å². The lowest BCUT2D eigenvalue weighted by atomic mass is 10.2. The van der Waals surface area contributed by atoms with E-state index in [9.17, 15) is 14.9 Å². The van der Waals surface area contributed by atoms with Gasteiger partial charge in [0.05, 0.1) is 30.4 Å². The summed E-state index contributed by atoms with van der Waals surface area (Å²) in [5.74, 6) is -0.478. The number of nitro groups is 1. The number of hydrogen-bond donors (Lipinski definition) is 1. The fraction of sp³-hybridized carbons (Fsp3) is 0.143. The van der Waals surface area contributed by atoms with Crippen LogP contribution in [-0.4, -0.2) is 29.7 Å². The van der Waals surface area contributed by atoms with Gasteiger partial charge in [-0.15, -0.1) is 0 Å². The summed E-state index contributed by atoms with van der Waals surface area (Å²) in [7, 11) is 2.54. The highest BCUT2D eigenvalue weighted by Crippen LogP contribution is 2.32. The van der Waals surface area contributed by atoms with E-state index in [-0.39, 0.29) is 28.3 Å². The average molecular weight is 316 g/mol. The number of hydrogen-bond acceptors (Lipinski definition) is 7. The molecule has 0 spiro atoms. The van der Waals surface area contributed by atoms with E-state index in [1.54, 1.807) is 0 Å². The van der Waals surface area contributed by atoms with Gasteiger partial charge in [0.1, 0.15) is 17.5 Å². The number of carbonyl (C=O) groups is 1. The number of nitrogen functional groups attached to an aromatic ring is 1. The highest BCUT2D eigenvalue weighted by Gasteiger charge is 2.26. The summed E-state index contributed by atoms with van der Waals surface area (Å²) in [6, 6.07) is 5.84. The van der Waals surface area contributed by atoms with Crippen LogP contribution in [0.4, 0.5) is 11.4 Å². The molecule has 9 nitrogen and oxygen atoms in total. The molecule has 0 fully saturated rings. The molecule has 1 heterocycles. The molecule has 0 aliphatic heterocycles. The number of nitro benzene ring substituents is 1. The van der Waals surface area contributed by atoms with E-state index in [2.05, 4.69) is 4.74 Å². The lowest BCUT2D eigenvalue weighted by Gasteiger charge is -2.10. The van der Waals surface area contributed by atoms with Crippen LogP contribution in [0.25, 0.3) is 5.69 Å². The Labute approximate surface area is 130 Å². The summed E-state index contributed by atoms with van der Waals surface area (Å²) in [5, 5.41) is 20.3. The molecule has 2 rings (SSSR count). The first kappa shape index (κ1) is 15.8. The molecule has 1 aromatic carbocycles. The molecule has 1 aromatic heterocycles. The van der Waals surface area contributed by atoms with E-state index in [0.717, 1.165) is 11.7 Å². The third-order valence-corrected chi connectivity index (χ3v) is 3.18. The van der Waals surface area contributed by atoms with Crippen molar-refractivity contribution in [1.29, 1.82) is 5.26 Å². The molecule has 0 saturated heterocycles. The number of ether oxygens (including phenoxy) is 2. The van der Waals surface area contributed by atoms with Gasteiger partial charge in [-0.25, -0.2) is 4.79 Å². The van der Waals surface area contributed by atoms with Crippen LogP contribution < -0.4 is 10.5 Å². The normalized spacial score (nSPS) is 9.96. The van der Waals surface area contributed by atoms with Crippen molar-refractivity contribution in [2.45, 2.75) is 0 Å². The van der Waals surface area contributed by atoms with E-state index in [4.69, 9.17) is 15.7 Å². The zero-order valence-corrected chi connectivity index (χ0v) is 12.3. The Bertz CT molecular complexity index is 834. The number of anilines is 1. The standard InChI is InChI=1S/C14H12N4O5/c1-22-9-3-4-10(18(20)21)11(5-9)17-7-8(6-15)12(16)13(17)14(19)23-2/h3-5,7H,16H2,1-2H3. The summed E-state index contributed by atoms with van der Waals surface area (Å²) in [5.41, 5.74) is 5.25. The molecule has 23 heavy (non-hydrogen) atoms. The quantitative estimate of drug-likeness (QED) is 0.514. The van der Waals surface area contributed by atoms with E-state index in [1.807, 2.05) is 6.07 Å². The Morgan fingerprint density at radius 3 is 2.65 bits per heavy atom. The summed E-state index contributed by atoms with van der Waals surface area (Å²) in [4.78, 5) is 22.6. The molecule has 9 heteroatoms. The highest BCUT2D eigenvalue weighted by atomic mass is 16.6. The predicted octanol–water partition coefficient (Wildman–Crippen LogP) is 1.63. The van der Waals surface area contributed by atoms with Gasteiger partial charge in [-0.1, -0.05) is 0 Å². The lowest BCUT2D eigenvalue weighted by molar-refractivity contribution is -0.384. The maximum Gasteiger partial charge on any atom is 0.357 e. The largest absolute Gasteiger partial charge is 0.497 e. The van der Waals surface area contributed by atoms with Crippen molar-refractivity contribution in [1.82, 2.24) is 4.57 Å². The number of nitrogens with two attached hydrogens (primary N) is 1. The molecule has 0 bridgehead atoms. The molecule has 118 valence electrons. The van der Waals surface area contributed by atoms with Crippen LogP contribution in [0, 0.1) is 21.4 Å². The Kier molecular flexibility index (Phi) is 4.18. The summed E-state index contributed by atoms with van der Waals surface area (Å²) in [6.07, 6.45) is 1.24. The Hall–Kier alpha value is -3.54. The van der Waals surface area contributed by atoms with Gasteiger partial charge in [-0.3, -0.25) is 10.1 Å². The van der Waals surface area contributed by atoms with Crippen LogP contribution in [0.5, 0.6) is 5.75 Å². The van der Waals surface area contributed by atoms with Gasteiger partial charge in [0.25, 0.3) is 5.69 Å². The number of esters is 1. The van der Waals surface area contributed by atoms with Crippen molar-refractivity contribution in [2.75, 3.05) is 20.0 Å². The minimum Gasteiger partial charge on any atom is -0.497 e. The molecule has 0 unspecified atom stereocenters. The van der Waals surface area contributed by atoms with Crippen molar-refractivity contribution in [2.24, 2.45) is 0 Å². The number of carbonyl (C=O) groups excluding carboxylic acids is 1. The molecule has 0 amide bonds. The number of aromatic nitrogens is 1. The van der Waals surface area contributed by atoms with Crippen LogP contribution >= 0.6 is 0 Å². The van der Waals surface area contributed by atoms with Gasteiger partial charge in [0.15, 0.2) is 5.69 Å². The molecular weight excluding hydrogens is 304 g/mol. The number of benzene rings is 1. The molecule has 0 atom stereocenters. The molecule has 0 aliphatic rings. The van der Waals surface area contributed by atoms with Gasteiger partial charge in [0, 0.05) is 18.3 Å². The lowest BCUT2D eigenvalue weighted by Crippen LogP contribution is -2.12. The molecular formula is C14H12N4O5. The maximum atomic E-state index is 12.0. The average Bonchev–Trinajstić information content (AvgIpc) is 2.89. The van der Waals surface area contributed by atoms with Crippen molar-refractivity contribution >= 4 is 17.3 Å². The number of nitrogens with zero attached hydrogens (tertiary/aromatic N) is 3. The van der Waals surface area contributed by atoms with Gasteiger partial charge >= 0.3 is 5.97 Å². The minimum atomic E-state index is -0.818. The molecule has 2 N–H and O–H groups in total. The second kappa shape index (κ2) is 6.07. The molecule has 0 aliphatic carbocycles. The summed E-state index contributed by atoms with van der Waals surface area (Å²) in [6.45, 7) is 0. The van der Waals surface area contributed by atoms with E-state index in [1.165, 1.54) is 31.5 Å². The number of nitriles is 1. The van der Waals surface area contributed by atoms with Crippen LogP contribution in [0.3, 0.4) is 0 Å². The minimum absolute atomic E-state index is 0.00233. The molecule has 0 radical (unpaired) electrons. The summed E-state index contributed by atoms with van der Waals surface area (Å²) >= 11 is 0. The van der Waals surface area contributed by atoms with Crippen LogP contribution in [-0.2, 0) is 4.74 Å². The van der Waals surface area contributed by atoms with E-state index < -0.39 is 10.9 Å². The smallest absolute Gasteiger partial charge is 0.357 e. The van der Waals surface area contributed by atoms with Gasteiger partial charge in [0.2, 0.25) is 0 Å². The third kappa shape index (κ3) is 2.65. The van der Waals surface area contributed by atoms with Gasteiger partial charge < -0.3 is 19.8 Å². The van der Waals surface area contributed by atoms with Crippen molar-refractivity contribution in [3.05, 3.63) is 45.8 Å². The first-order valence-electron chi connectivity index (χ1n) is 6.26. The zero-order chi connectivity index (χ0) is 17.1. The second-order valence-electron chi connectivity index (χ2n) is 4.39.